The molecule has 0 bridgehead atoms. The fourth-order valence-electron chi connectivity index (χ4n) is 2.66. The molecule has 3 aromatic rings. The number of methoxy groups -OCH3 is 1. The first kappa shape index (κ1) is 22.2. The molecule has 0 aliphatic heterocycles. The molecule has 3 rings (SSSR count). The van der Waals surface area contributed by atoms with Gasteiger partial charge in [-0.15, -0.1) is 0 Å². The van der Waals surface area contributed by atoms with Gasteiger partial charge in [0.1, 0.15) is 18.1 Å². The van der Waals surface area contributed by atoms with Gasteiger partial charge in [0.05, 0.1) is 27.0 Å². The summed E-state index contributed by atoms with van der Waals surface area (Å²) < 4.78 is 13.4. The van der Waals surface area contributed by atoms with E-state index in [0.29, 0.717) is 18.2 Å². The first-order chi connectivity index (χ1) is 14.1. The lowest BCUT2D eigenvalue weighted by atomic mass is 10.2. The van der Waals surface area contributed by atoms with Crippen molar-refractivity contribution in [2.45, 2.75) is 13.2 Å². The maximum atomic E-state index is 6.21. The summed E-state index contributed by atoms with van der Waals surface area (Å²) in [6, 6.07) is 19.7. The van der Waals surface area contributed by atoms with Crippen molar-refractivity contribution in [1.82, 2.24) is 5.43 Å². The van der Waals surface area contributed by atoms with Gasteiger partial charge < -0.3 is 14.9 Å². The van der Waals surface area contributed by atoms with Crippen LogP contribution in [-0.4, -0.2) is 13.3 Å². The zero-order valence-electron chi connectivity index (χ0n) is 15.7. The molecule has 0 saturated heterocycles. The molecular weight excluding hydrogens is 614 g/mol. The van der Waals surface area contributed by atoms with Crippen LogP contribution in [0.5, 0.6) is 11.5 Å². The molecule has 0 fully saturated rings. The molecule has 1 N–H and O–H groups in total. The van der Waals surface area contributed by atoms with E-state index in [4.69, 9.17) is 21.1 Å². The van der Waals surface area contributed by atoms with E-state index >= 15 is 0 Å². The lowest BCUT2D eigenvalue weighted by Crippen LogP contribution is -2.07. The molecule has 4 nitrogen and oxygen atoms in total. The van der Waals surface area contributed by atoms with Crippen molar-refractivity contribution in [1.29, 1.82) is 0 Å². The normalized spacial score (nSPS) is 10.9. The van der Waals surface area contributed by atoms with Crippen molar-refractivity contribution in [3.63, 3.8) is 0 Å². The van der Waals surface area contributed by atoms with Gasteiger partial charge in [-0.2, -0.15) is 5.10 Å². The standard InChI is InChI=1S/C22H19ClI2N2O2/c1-28-21-9-5-3-6-16(21)13-27-26-12-15-10-19(24)22(20(25)11-15)29-14-17-7-2-4-8-18(17)23/h2-12,27H,13-14H2,1H3/b26-12-. The Morgan fingerprint density at radius 1 is 1.00 bits per heavy atom. The van der Waals surface area contributed by atoms with Crippen molar-refractivity contribution in [2.24, 2.45) is 5.10 Å². The van der Waals surface area contributed by atoms with Crippen LogP contribution in [0.3, 0.4) is 0 Å². The van der Waals surface area contributed by atoms with Crippen LogP contribution in [0.15, 0.2) is 65.8 Å². The monoisotopic (exact) mass is 632 g/mol. The van der Waals surface area contributed by atoms with E-state index in [0.717, 1.165) is 35.3 Å². The van der Waals surface area contributed by atoms with E-state index in [1.165, 1.54) is 0 Å². The summed E-state index contributed by atoms with van der Waals surface area (Å²) in [5, 5.41) is 5.04. The number of benzene rings is 3. The van der Waals surface area contributed by atoms with Gasteiger partial charge in [0.2, 0.25) is 0 Å². The number of hydrogen-bond acceptors (Lipinski definition) is 4. The topological polar surface area (TPSA) is 42.8 Å². The summed E-state index contributed by atoms with van der Waals surface area (Å²) >= 11 is 10.8. The number of rotatable bonds is 8. The fourth-order valence-corrected chi connectivity index (χ4v) is 4.98. The quantitative estimate of drug-likeness (QED) is 0.181. The van der Waals surface area contributed by atoms with Crippen LogP contribution in [0.25, 0.3) is 0 Å². The highest BCUT2D eigenvalue weighted by atomic mass is 127. The number of hydrazone groups is 1. The second-order valence-corrected chi connectivity index (χ2v) is 8.83. The minimum absolute atomic E-state index is 0.430. The smallest absolute Gasteiger partial charge is 0.146 e. The van der Waals surface area contributed by atoms with Gasteiger partial charge in [-0.3, -0.25) is 0 Å². The highest BCUT2D eigenvalue weighted by Gasteiger charge is 2.10. The molecule has 0 atom stereocenters. The van der Waals surface area contributed by atoms with Gasteiger partial charge in [0, 0.05) is 16.1 Å². The number of ether oxygens (including phenoxy) is 2. The summed E-state index contributed by atoms with van der Waals surface area (Å²) in [5.74, 6) is 1.70. The molecule has 0 spiro atoms. The van der Waals surface area contributed by atoms with Crippen molar-refractivity contribution < 1.29 is 9.47 Å². The van der Waals surface area contributed by atoms with Gasteiger partial charge in [-0.25, -0.2) is 0 Å². The van der Waals surface area contributed by atoms with Crippen molar-refractivity contribution in [3.8, 4) is 11.5 Å². The van der Waals surface area contributed by atoms with E-state index in [2.05, 4.69) is 55.7 Å². The zero-order valence-corrected chi connectivity index (χ0v) is 20.7. The summed E-state index contributed by atoms with van der Waals surface area (Å²) in [5.41, 5.74) is 6.09. The summed E-state index contributed by atoms with van der Waals surface area (Å²) in [7, 11) is 1.67. The Kier molecular flexibility index (Phi) is 8.43. The Balaban J connectivity index is 1.62. The number of halogens is 3. The minimum atomic E-state index is 0.430. The first-order valence-electron chi connectivity index (χ1n) is 8.81. The number of nitrogens with zero attached hydrogens (tertiary/aromatic N) is 1. The maximum absolute atomic E-state index is 6.21. The average Bonchev–Trinajstić information content (AvgIpc) is 2.72. The lowest BCUT2D eigenvalue weighted by molar-refractivity contribution is 0.302. The minimum Gasteiger partial charge on any atom is -0.496 e. The van der Waals surface area contributed by atoms with Crippen molar-refractivity contribution >= 4 is 63.0 Å². The van der Waals surface area contributed by atoms with E-state index < -0.39 is 0 Å². The SMILES string of the molecule is COc1ccccc1CN/N=C\c1cc(I)c(OCc2ccccc2Cl)c(I)c1. The second-order valence-electron chi connectivity index (χ2n) is 6.10. The van der Waals surface area contributed by atoms with Gasteiger partial charge >= 0.3 is 0 Å². The molecule has 0 saturated carbocycles. The van der Waals surface area contributed by atoms with E-state index in [1.807, 2.05) is 60.7 Å². The Morgan fingerprint density at radius 2 is 1.66 bits per heavy atom. The zero-order chi connectivity index (χ0) is 20.6. The third kappa shape index (κ3) is 6.23. The number of hydrogen-bond donors (Lipinski definition) is 1. The lowest BCUT2D eigenvalue weighted by Gasteiger charge is -2.12. The predicted molar refractivity (Wildman–Crippen MR) is 135 cm³/mol. The highest BCUT2D eigenvalue weighted by Crippen LogP contribution is 2.30. The third-order valence-electron chi connectivity index (χ3n) is 4.12. The van der Waals surface area contributed by atoms with Crippen LogP contribution >= 0.6 is 56.8 Å². The van der Waals surface area contributed by atoms with E-state index in [-0.39, 0.29) is 0 Å². The highest BCUT2D eigenvalue weighted by molar-refractivity contribution is 14.1. The molecule has 3 aromatic carbocycles. The van der Waals surface area contributed by atoms with Crippen LogP contribution < -0.4 is 14.9 Å². The van der Waals surface area contributed by atoms with Gasteiger partial charge in [-0.05, 0) is 75.0 Å². The molecule has 0 aromatic heterocycles. The first-order valence-corrected chi connectivity index (χ1v) is 11.3. The fraction of sp³-hybridized carbons (Fsp3) is 0.136. The molecule has 0 aliphatic rings. The maximum Gasteiger partial charge on any atom is 0.146 e. The Labute approximate surface area is 202 Å². The number of nitrogens with one attached hydrogen (secondary N) is 1. The van der Waals surface area contributed by atoms with Crippen LogP contribution in [-0.2, 0) is 13.2 Å². The molecule has 0 amide bonds. The number of para-hydroxylation sites is 1. The second kappa shape index (κ2) is 11.0. The van der Waals surface area contributed by atoms with Crippen LogP contribution in [0, 0.1) is 7.14 Å². The van der Waals surface area contributed by atoms with E-state index in [1.54, 1.807) is 13.3 Å². The molecule has 0 aliphatic carbocycles. The molecule has 29 heavy (non-hydrogen) atoms. The van der Waals surface area contributed by atoms with Gasteiger partial charge in [0.25, 0.3) is 0 Å². The van der Waals surface area contributed by atoms with Crippen molar-refractivity contribution in [2.75, 3.05) is 7.11 Å². The Hall–Kier alpha value is -1.52. The Bertz CT molecular complexity index is 989. The molecule has 150 valence electrons. The largest absolute Gasteiger partial charge is 0.496 e. The summed E-state index contributed by atoms with van der Waals surface area (Å²) in [6.45, 7) is 1.02. The van der Waals surface area contributed by atoms with Gasteiger partial charge in [0.15, 0.2) is 0 Å². The summed E-state index contributed by atoms with van der Waals surface area (Å²) in [4.78, 5) is 0. The molecule has 0 heterocycles. The Morgan fingerprint density at radius 3 is 2.34 bits per heavy atom. The summed E-state index contributed by atoms with van der Waals surface area (Å²) in [6.07, 6.45) is 1.80. The third-order valence-corrected chi connectivity index (χ3v) is 6.09. The van der Waals surface area contributed by atoms with Crippen LogP contribution in [0.4, 0.5) is 0 Å². The van der Waals surface area contributed by atoms with E-state index in [9.17, 15) is 0 Å². The molecule has 7 heteroatoms. The van der Waals surface area contributed by atoms with Crippen molar-refractivity contribution in [3.05, 3.63) is 89.5 Å². The van der Waals surface area contributed by atoms with Gasteiger partial charge in [-0.1, -0.05) is 48.0 Å². The van der Waals surface area contributed by atoms with Crippen LogP contribution in [0.2, 0.25) is 5.02 Å². The van der Waals surface area contributed by atoms with Crippen LogP contribution in [0.1, 0.15) is 16.7 Å². The molecule has 0 radical (unpaired) electrons. The molecule has 0 unspecified atom stereocenters. The predicted octanol–water partition coefficient (Wildman–Crippen LogP) is 6.26. The average molecular weight is 633 g/mol. The molecular formula is C22H19ClI2N2O2.